The molecule has 0 saturated carbocycles. The molecule has 2 heterocycles. The summed E-state index contributed by atoms with van der Waals surface area (Å²) in [6.07, 6.45) is 1.03. The summed E-state index contributed by atoms with van der Waals surface area (Å²) in [7, 11) is 0. The Labute approximate surface area is 139 Å². The van der Waals surface area contributed by atoms with Crippen LogP contribution in [0.3, 0.4) is 0 Å². The fraction of sp³-hybridized carbons (Fsp3) is 0.615. The second-order valence-electron chi connectivity index (χ2n) is 4.52. The third-order valence-corrected chi connectivity index (χ3v) is 6.28. The lowest BCUT2D eigenvalue weighted by molar-refractivity contribution is 0.963. The van der Waals surface area contributed by atoms with Gasteiger partial charge in [-0.1, -0.05) is 30.1 Å². The minimum absolute atomic E-state index is 0.566. The van der Waals surface area contributed by atoms with E-state index >= 15 is 0 Å². The second-order valence-corrected chi connectivity index (χ2v) is 7.90. The van der Waals surface area contributed by atoms with Crippen LogP contribution in [0.2, 0.25) is 10.0 Å². The fourth-order valence-corrected chi connectivity index (χ4v) is 4.93. The third kappa shape index (κ3) is 4.79. The number of rotatable bonds is 6. The standard InChI is InChI=1S/C13H19Cl2N3S2/c1-2-3-16-12-10(14)6-11(15)13(18-12)17-7-9-8-19-4-5-20-9/h6,9H,2-5,7-8H2,1H3,(H2,16,17,18). The largest absolute Gasteiger partial charge is 0.369 e. The first-order valence-electron chi connectivity index (χ1n) is 6.73. The quantitative estimate of drug-likeness (QED) is 0.790. The van der Waals surface area contributed by atoms with Gasteiger partial charge in [0.1, 0.15) is 11.6 Å². The molecule has 1 aliphatic heterocycles. The molecular formula is C13H19Cl2N3S2. The van der Waals surface area contributed by atoms with Crippen molar-refractivity contribution in [2.75, 3.05) is 41.0 Å². The molecule has 20 heavy (non-hydrogen) atoms. The van der Waals surface area contributed by atoms with Gasteiger partial charge in [-0.3, -0.25) is 0 Å². The van der Waals surface area contributed by atoms with Crippen molar-refractivity contribution in [2.24, 2.45) is 0 Å². The van der Waals surface area contributed by atoms with Crippen LogP contribution in [0, 0.1) is 0 Å². The molecule has 7 heteroatoms. The lowest BCUT2D eigenvalue weighted by atomic mass is 10.4. The smallest absolute Gasteiger partial charge is 0.147 e. The monoisotopic (exact) mass is 351 g/mol. The molecule has 0 aromatic carbocycles. The maximum atomic E-state index is 6.20. The molecule has 1 aromatic heterocycles. The van der Waals surface area contributed by atoms with Gasteiger partial charge in [0, 0.05) is 35.6 Å². The molecule has 0 radical (unpaired) electrons. The van der Waals surface area contributed by atoms with E-state index in [4.69, 9.17) is 23.2 Å². The van der Waals surface area contributed by atoms with Crippen molar-refractivity contribution in [1.82, 2.24) is 4.98 Å². The van der Waals surface area contributed by atoms with Crippen LogP contribution in [0.15, 0.2) is 6.07 Å². The molecule has 0 aliphatic carbocycles. The molecule has 0 amide bonds. The predicted molar refractivity (Wildman–Crippen MR) is 95.1 cm³/mol. The van der Waals surface area contributed by atoms with Crippen molar-refractivity contribution in [3.63, 3.8) is 0 Å². The van der Waals surface area contributed by atoms with Crippen molar-refractivity contribution in [3.05, 3.63) is 16.1 Å². The Morgan fingerprint density at radius 2 is 2.00 bits per heavy atom. The first-order valence-corrected chi connectivity index (χ1v) is 9.69. The molecule has 0 spiro atoms. The summed E-state index contributed by atoms with van der Waals surface area (Å²) < 4.78 is 0. The Morgan fingerprint density at radius 3 is 2.65 bits per heavy atom. The van der Waals surface area contributed by atoms with Crippen LogP contribution < -0.4 is 10.6 Å². The second kappa shape index (κ2) is 8.47. The van der Waals surface area contributed by atoms with E-state index in [0.717, 1.165) is 19.5 Å². The predicted octanol–water partition coefficient (Wildman–Crippen LogP) is 4.47. The Bertz CT molecular complexity index is 440. The van der Waals surface area contributed by atoms with E-state index in [0.29, 0.717) is 26.9 Å². The van der Waals surface area contributed by atoms with E-state index in [1.807, 2.05) is 23.5 Å². The number of pyridine rings is 1. The van der Waals surface area contributed by atoms with Crippen molar-refractivity contribution in [3.8, 4) is 0 Å². The van der Waals surface area contributed by atoms with Crippen molar-refractivity contribution in [2.45, 2.75) is 18.6 Å². The van der Waals surface area contributed by atoms with Gasteiger partial charge in [0.25, 0.3) is 0 Å². The van der Waals surface area contributed by atoms with Crippen LogP contribution in [0.25, 0.3) is 0 Å². The lowest BCUT2D eigenvalue weighted by Crippen LogP contribution is -2.23. The van der Waals surface area contributed by atoms with E-state index in [-0.39, 0.29) is 0 Å². The summed E-state index contributed by atoms with van der Waals surface area (Å²) >= 11 is 16.4. The Balaban J connectivity index is 1.98. The number of halogens is 2. The first-order chi connectivity index (χ1) is 9.70. The van der Waals surface area contributed by atoms with Crippen LogP contribution >= 0.6 is 46.7 Å². The summed E-state index contributed by atoms with van der Waals surface area (Å²) in [6, 6.07) is 1.75. The molecule has 2 N–H and O–H groups in total. The van der Waals surface area contributed by atoms with Crippen molar-refractivity contribution < 1.29 is 0 Å². The van der Waals surface area contributed by atoms with E-state index in [1.165, 1.54) is 17.3 Å². The van der Waals surface area contributed by atoms with Crippen LogP contribution in [0.5, 0.6) is 0 Å². The first kappa shape index (κ1) is 16.4. The summed E-state index contributed by atoms with van der Waals surface area (Å²) in [5.74, 6) is 5.08. The van der Waals surface area contributed by atoms with Gasteiger partial charge in [0.2, 0.25) is 0 Å². The van der Waals surface area contributed by atoms with Gasteiger partial charge in [-0.25, -0.2) is 4.98 Å². The zero-order chi connectivity index (χ0) is 14.4. The van der Waals surface area contributed by atoms with Crippen LogP contribution in [-0.2, 0) is 0 Å². The summed E-state index contributed by atoms with van der Waals surface area (Å²) in [4.78, 5) is 4.49. The molecule has 0 bridgehead atoms. The maximum absolute atomic E-state index is 6.20. The normalized spacial score (nSPS) is 18.9. The van der Waals surface area contributed by atoms with E-state index in [2.05, 4.69) is 22.5 Å². The molecule has 1 aliphatic rings. The number of nitrogens with one attached hydrogen (secondary N) is 2. The van der Waals surface area contributed by atoms with Gasteiger partial charge in [-0.15, -0.1) is 0 Å². The summed E-state index contributed by atoms with van der Waals surface area (Å²) in [5.41, 5.74) is 0. The van der Waals surface area contributed by atoms with Gasteiger partial charge >= 0.3 is 0 Å². The lowest BCUT2D eigenvalue weighted by Gasteiger charge is -2.22. The molecule has 3 nitrogen and oxygen atoms in total. The molecule has 1 atom stereocenters. The summed E-state index contributed by atoms with van der Waals surface area (Å²) in [5, 5.41) is 8.33. The van der Waals surface area contributed by atoms with Gasteiger partial charge in [-0.05, 0) is 12.5 Å². The minimum Gasteiger partial charge on any atom is -0.369 e. The zero-order valence-electron chi connectivity index (χ0n) is 11.4. The number of hydrogen-bond acceptors (Lipinski definition) is 5. The fourth-order valence-electron chi connectivity index (χ4n) is 1.82. The van der Waals surface area contributed by atoms with E-state index in [1.54, 1.807) is 6.07 Å². The van der Waals surface area contributed by atoms with E-state index < -0.39 is 0 Å². The van der Waals surface area contributed by atoms with Crippen molar-refractivity contribution >= 4 is 58.4 Å². The minimum atomic E-state index is 0.566. The number of aromatic nitrogens is 1. The van der Waals surface area contributed by atoms with Crippen LogP contribution in [0.1, 0.15) is 13.3 Å². The van der Waals surface area contributed by atoms with Gasteiger partial charge in [0.05, 0.1) is 10.0 Å². The van der Waals surface area contributed by atoms with Crippen molar-refractivity contribution in [1.29, 1.82) is 0 Å². The average Bonchev–Trinajstić information content (AvgIpc) is 2.46. The highest BCUT2D eigenvalue weighted by atomic mass is 35.5. The van der Waals surface area contributed by atoms with Crippen LogP contribution in [-0.4, -0.2) is 40.6 Å². The summed E-state index contributed by atoms with van der Waals surface area (Å²) in [6.45, 7) is 3.84. The molecule has 1 saturated heterocycles. The van der Waals surface area contributed by atoms with E-state index in [9.17, 15) is 0 Å². The SMILES string of the molecule is CCCNc1nc(NCC2CSCCS2)c(Cl)cc1Cl. The average molecular weight is 352 g/mol. The number of hydrogen-bond donors (Lipinski definition) is 2. The number of nitrogens with zero attached hydrogens (tertiary/aromatic N) is 1. The maximum Gasteiger partial charge on any atom is 0.147 e. The Morgan fingerprint density at radius 1 is 1.25 bits per heavy atom. The topological polar surface area (TPSA) is 37.0 Å². The molecular weight excluding hydrogens is 333 g/mol. The van der Waals surface area contributed by atoms with Gasteiger partial charge < -0.3 is 10.6 Å². The highest BCUT2D eigenvalue weighted by Gasteiger charge is 2.15. The highest BCUT2D eigenvalue weighted by Crippen LogP contribution is 2.30. The highest BCUT2D eigenvalue weighted by molar-refractivity contribution is 8.06. The number of thioether (sulfide) groups is 2. The molecule has 1 aromatic rings. The molecule has 112 valence electrons. The van der Waals surface area contributed by atoms with Crippen LogP contribution in [0.4, 0.5) is 11.6 Å². The number of anilines is 2. The Hall–Kier alpha value is 0.0300. The molecule has 1 fully saturated rings. The van der Waals surface area contributed by atoms with Gasteiger partial charge in [0.15, 0.2) is 0 Å². The molecule has 2 rings (SSSR count). The third-order valence-electron chi connectivity index (χ3n) is 2.85. The molecule has 1 unspecified atom stereocenters. The zero-order valence-corrected chi connectivity index (χ0v) is 14.6. The Kier molecular flexibility index (Phi) is 6.94. The van der Waals surface area contributed by atoms with Gasteiger partial charge in [-0.2, -0.15) is 23.5 Å².